The van der Waals surface area contributed by atoms with Gasteiger partial charge in [-0.25, -0.2) is 8.42 Å². The number of hydrogen-bond donors (Lipinski definition) is 1. The van der Waals surface area contributed by atoms with Crippen LogP contribution in [0.25, 0.3) is 0 Å². The first-order valence-electron chi connectivity index (χ1n) is 9.43. The average Bonchev–Trinajstić information content (AvgIpc) is 2.81. The van der Waals surface area contributed by atoms with Crippen LogP contribution < -0.4 is 10.1 Å². The van der Waals surface area contributed by atoms with Crippen molar-refractivity contribution in [2.24, 2.45) is 0 Å². The van der Waals surface area contributed by atoms with Crippen molar-refractivity contribution in [1.29, 1.82) is 0 Å². The molecule has 0 aliphatic heterocycles. The van der Waals surface area contributed by atoms with Crippen LogP contribution in [0.2, 0.25) is 0 Å². The Balaban J connectivity index is 1.58. The van der Waals surface area contributed by atoms with Gasteiger partial charge < -0.3 is 10.1 Å². The molecule has 0 bridgehead atoms. The highest BCUT2D eigenvalue weighted by Gasteiger charge is 2.20. The molecule has 0 aliphatic carbocycles. The summed E-state index contributed by atoms with van der Waals surface area (Å²) < 4.78 is 30.9. The van der Waals surface area contributed by atoms with E-state index < -0.39 is 10.0 Å². The smallest absolute Gasteiger partial charge is 0.264 e. The highest BCUT2D eigenvalue weighted by atomic mass is 32.2. The maximum atomic E-state index is 12.4. The summed E-state index contributed by atoms with van der Waals surface area (Å²) in [6, 6.07) is 18.7. The number of ether oxygens (including phenoxy) is 1. The van der Waals surface area contributed by atoms with E-state index in [0.29, 0.717) is 24.5 Å². The zero-order valence-electron chi connectivity index (χ0n) is 17.2. The standard InChI is InChI=1S/C22H23N3O5S/c1-25(29-2)31(27,28)21-11-9-18(10-12-21)22(26)24-15-17-6-5-8-20(14-17)30-16-19-7-3-4-13-23-19/h3-14H,15-16H2,1-2H3,(H,24,26). The van der Waals surface area contributed by atoms with Crippen LogP contribution in [-0.4, -0.2) is 37.9 Å². The molecular weight excluding hydrogens is 418 g/mol. The van der Waals surface area contributed by atoms with E-state index in [1.807, 2.05) is 42.5 Å². The fourth-order valence-corrected chi connectivity index (χ4v) is 3.67. The van der Waals surface area contributed by atoms with E-state index in [-0.39, 0.29) is 10.8 Å². The third-order valence-electron chi connectivity index (χ3n) is 4.47. The Morgan fingerprint density at radius 3 is 2.52 bits per heavy atom. The normalized spacial score (nSPS) is 11.3. The number of hydrogen-bond acceptors (Lipinski definition) is 6. The summed E-state index contributed by atoms with van der Waals surface area (Å²) in [6.45, 7) is 0.649. The fourth-order valence-electron chi connectivity index (χ4n) is 2.70. The van der Waals surface area contributed by atoms with Crippen molar-refractivity contribution in [3.05, 3.63) is 89.7 Å². The Morgan fingerprint density at radius 1 is 1.06 bits per heavy atom. The molecule has 0 saturated carbocycles. The number of nitrogens with zero attached hydrogens (tertiary/aromatic N) is 2. The Kier molecular flexibility index (Phi) is 7.35. The molecule has 3 rings (SSSR count). The maximum absolute atomic E-state index is 12.4. The van der Waals surface area contributed by atoms with E-state index in [1.165, 1.54) is 38.4 Å². The molecule has 0 atom stereocenters. The van der Waals surface area contributed by atoms with E-state index in [4.69, 9.17) is 9.57 Å². The third kappa shape index (κ3) is 5.88. The summed E-state index contributed by atoms with van der Waals surface area (Å²) >= 11 is 0. The number of benzene rings is 2. The minimum Gasteiger partial charge on any atom is -0.487 e. The largest absolute Gasteiger partial charge is 0.487 e. The van der Waals surface area contributed by atoms with Crippen LogP contribution in [0.4, 0.5) is 0 Å². The summed E-state index contributed by atoms with van der Waals surface area (Å²) in [5.41, 5.74) is 2.04. The molecule has 31 heavy (non-hydrogen) atoms. The number of aromatic nitrogens is 1. The Labute approximate surface area is 181 Å². The van der Waals surface area contributed by atoms with Gasteiger partial charge in [0.05, 0.1) is 17.7 Å². The van der Waals surface area contributed by atoms with E-state index in [2.05, 4.69) is 10.3 Å². The SMILES string of the molecule is CON(C)S(=O)(=O)c1ccc(C(=O)NCc2cccc(OCc3ccccn3)c2)cc1. The second-order valence-electron chi connectivity index (χ2n) is 6.56. The summed E-state index contributed by atoms with van der Waals surface area (Å²) in [6.07, 6.45) is 1.71. The van der Waals surface area contributed by atoms with Crippen molar-refractivity contribution in [1.82, 2.24) is 14.8 Å². The van der Waals surface area contributed by atoms with E-state index >= 15 is 0 Å². The zero-order valence-corrected chi connectivity index (χ0v) is 18.0. The molecule has 162 valence electrons. The predicted molar refractivity (Wildman–Crippen MR) is 115 cm³/mol. The lowest BCUT2D eigenvalue weighted by molar-refractivity contribution is -0.0258. The van der Waals surface area contributed by atoms with Crippen LogP contribution in [0.15, 0.2) is 77.8 Å². The number of amides is 1. The van der Waals surface area contributed by atoms with Gasteiger partial charge in [0.15, 0.2) is 0 Å². The highest BCUT2D eigenvalue weighted by molar-refractivity contribution is 7.89. The van der Waals surface area contributed by atoms with Crippen molar-refractivity contribution in [2.75, 3.05) is 14.2 Å². The first-order chi connectivity index (χ1) is 14.9. The van der Waals surface area contributed by atoms with Gasteiger partial charge >= 0.3 is 0 Å². The van der Waals surface area contributed by atoms with Gasteiger partial charge in [-0.05, 0) is 54.1 Å². The van der Waals surface area contributed by atoms with Crippen molar-refractivity contribution in [2.45, 2.75) is 18.0 Å². The summed E-state index contributed by atoms with van der Waals surface area (Å²) in [4.78, 5) is 21.4. The van der Waals surface area contributed by atoms with Crippen LogP contribution in [0.5, 0.6) is 5.75 Å². The van der Waals surface area contributed by atoms with Crippen LogP contribution in [0.1, 0.15) is 21.6 Å². The molecule has 0 aliphatic rings. The Morgan fingerprint density at radius 2 is 1.84 bits per heavy atom. The number of hydroxylamine groups is 1. The zero-order chi connectivity index (χ0) is 22.3. The van der Waals surface area contributed by atoms with Gasteiger partial charge in [-0.2, -0.15) is 0 Å². The van der Waals surface area contributed by atoms with Crippen LogP contribution in [0, 0.1) is 0 Å². The lowest BCUT2D eigenvalue weighted by Crippen LogP contribution is -2.26. The van der Waals surface area contributed by atoms with Crippen LogP contribution >= 0.6 is 0 Å². The van der Waals surface area contributed by atoms with Crippen molar-refractivity contribution in [3.8, 4) is 5.75 Å². The Hall–Kier alpha value is -3.27. The van der Waals surface area contributed by atoms with Gasteiger partial charge in [0.25, 0.3) is 15.9 Å². The van der Waals surface area contributed by atoms with Gasteiger partial charge in [-0.15, -0.1) is 0 Å². The van der Waals surface area contributed by atoms with Gasteiger partial charge in [-0.3, -0.25) is 14.6 Å². The molecule has 0 fully saturated rings. The summed E-state index contributed by atoms with van der Waals surface area (Å²) in [5, 5.41) is 2.82. The molecular formula is C22H23N3O5S. The topological polar surface area (TPSA) is 97.8 Å². The van der Waals surface area contributed by atoms with E-state index in [9.17, 15) is 13.2 Å². The highest BCUT2D eigenvalue weighted by Crippen LogP contribution is 2.17. The number of carbonyl (C=O) groups is 1. The van der Waals surface area contributed by atoms with E-state index in [1.54, 1.807) is 6.20 Å². The van der Waals surface area contributed by atoms with Gasteiger partial charge in [0.1, 0.15) is 12.4 Å². The molecule has 1 aromatic heterocycles. The second-order valence-corrected chi connectivity index (χ2v) is 8.50. The van der Waals surface area contributed by atoms with Gasteiger partial charge in [-0.1, -0.05) is 22.7 Å². The van der Waals surface area contributed by atoms with Crippen molar-refractivity contribution in [3.63, 3.8) is 0 Å². The lowest BCUT2D eigenvalue weighted by atomic mass is 10.2. The lowest BCUT2D eigenvalue weighted by Gasteiger charge is -2.14. The van der Waals surface area contributed by atoms with Gasteiger partial charge in [0.2, 0.25) is 0 Å². The predicted octanol–water partition coefficient (Wildman–Crippen LogP) is 2.77. The minimum absolute atomic E-state index is 0.0335. The fraction of sp³-hybridized carbons (Fsp3) is 0.182. The number of carbonyl (C=O) groups excluding carboxylic acids is 1. The minimum atomic E-state index is -3.76. The molecule has 0 spiro atoms. The van der Waals surface area contributed by atoms with Gasteiger partial charge in [0, 0.05) is 25.4 Å². The van der Waals surface area contributed by atoms with Crippen LogP contribution in [0.3, 0.4) is 0 Å². The quantitative estimate of drug-likeness (QED) is 0.513. The third-order valence-corrected chi connectivity index (χ3v) is 6.17. The molecule has 8 nitrogen and oxygen atoms in total. The first-order valence-corrected chi connectivity index (χ1v) is 10.9. The van der Waals surface area contributed by atoms with E-state index in [0.717, 1.165) is 15.7 Å². The van der Waals surface area contributed by atoms with Crippen molar-refractivity contribution < 1.29 is 22.8 Å². The number of nitrogens with one attached hydrogen (secondary N) is 1. The molecule has 3 aromatic rings. The van der Waals surface area contributed by atoms with Crippen molar-refractivity contribution >= 4 is 15.9 Å². The number of rotatable bonds is 9. The summed E-state index contributed by atoms with van der Waals surface area (Å²) in [5.74, 6) is 0.359. The summed E-state index contributed by atoms with van der Waals surface area (Å²) in [7, 11) is -1.20. The molecule has 2 aromatic carbocycles. The molecule has 0 radical (unpaired) electrons. The molecule has 1 heterocycles. The molecule has 0 unspecified atom stereocenters. The maximum Gasteiger partial charge on any atom is 0.264 e. The first kappa shape index (κ1) is 22.4. The Bertz CT molecular complexity index is 1120. The molecule has 9 heteroatoms. The van der Waals surface area contributed by atoms with Crippen LogP contribution in [-0.2, 0) is 28.0 Å². The molecule has 1 N–H and O–H groups in total. The second kappa shape index (κ2) is 10.2. The molecule has 0 saturated heterocycles. The monoisotopic (exact) mass is 441 g/mol. The average molecular weight is 442 g/mol. The number of pyridine rings is 1. The number of sulfonamides is 1. The molecule has 1 amide bonds.